The summed E-state index contributed by atoms with van der Waals surface area (Å²) in [6.07, 6.45) is 3.03. The standard InChI is InChI=1S/C12H22N3O12P3S2/c1-8-14-11(13)3-4-15(8)12-5-9(23-7-32-31-2)10(25-12)6-24-29(19,20)27-30(21,22)26-28(16,17)18/h3-4,9-10,12H,1,5-7H2,2H3,(H2,13,14)(H,19,20)(H,21,22)(H2,16,17,18)/t9-,10+,12+/m0/s1. The van der Waals surface area contributed by atoms with Gasteiger partial charge in [-0.3, -0.25) is 4.52 Å². The van der Waals surface area contributed by atoms with Crippen molar-refractivity contribution in [3.05, 3.63) is 24.7 Å². The van der Waals surface area contributed by atoms with Gasteiger partial charge in [0.2, 0.25) is 0 Å². The minimum atomic E-state index is -5.62. The predicted octanol–water partition coefficient (Wildman–Crippen LogP) is 1.46. The van der Waals surface area contributed by atoms with Crippen LogP contribution in [0.25, 0.3) is 0 Å². The lowest BCUT2D eigenvalue weighted by atomic mass is 10.2. The van der Waals surface area contributed by atoms with Gasteiger partial charge in [-0.2, -0.15) is 8.62 Å². The quantitative estimate of drug-likeness (QED) is 0.0992. The van der Waals surface area contributed by atoms with Crippen LogP contribution in [0, 0.1) is 0 Å². The summed E-state index contributed by atoms with van der Waals surface area (Å²) in [4.78, 5) is 41.6. The van der Waals surface area contributed by atoms with Crippen molar-refractivity contribution in [2.24, 2.45) is 10.7 Å². The number of hydrogen-bond acceptors (Lipinski definition) is 13. The minimum Gasteiger partial charge on any atom is -0.384 e. The van der Waals surface area contributed by atoms with Crippen molar-refractivity contribution in [3.63, 3.8) is 0 Å². The molecule has 0 aliphatic carbocycles. The molecule has 0 amide bonds. The molecule has 0 bridgehead atoms. The Morgan fingerprint density at radius 3 is 2.56 bits per heavy atom. The summed E-state index contributed by atoms with van der Waals surface area (Å²) in [5.41, 5.74) is 5.62. The largest absolute Gasteiger partial charge is 0.490 e. The monoisotopic (exact) mass is 557 g/mol. The van der Waals surface area contributed by atoms with Crippen molar-refractivity contribution in [2.75, 3.05) is 18.8 Å². The van der Waals surface area contributed by atoms with Crippen LogP contribution >= 0.6 is 45.1 Å². The second kappa shape index (κ2) is 11.5. The number of phosphoric ester groups is 1. The van der Waals surface area contributed by atoms with E-state index >= 15 is 0 Å². The van der Waals surface area contributed by atoms with Crippen LogP contribution in [-0.2, 0) is 36.3 Å². The van der Waals surface area contributed by atoms with Crippen LogP contribution in [0.5, 0.6) is 0 Å². The maximum atomic E-state index is 12.0. The predicted molar refractivity (Wildman–Crippen MR) is 116 cm³/mol. The van der Waals surface area contributed by atoms with Crippen LogP contribution in [-0.4, -0.2) is 67.5 Å². The van der Waals surface area contributed by atoms with Crippen molar-refractivity contribution >= 4 is 50.9 Å². The van der Waals surface area contributed by atoms with E-state index in [0.717, 1.165) is 0 Å². The molecule has 2 aliphatic rings. The van der Waals surface area contributed by atoms with Gasteiger partial charge in [-0.15, -0.1) is 0 Å². The Morgan fingerprint density at radius 2 is 1.97 bits per heavy atom. The average molecular weight is 557 g/mol. The molecule has 0 radical (unpaired) electrons. The van der Waals surface area contributed by atoms with Gasteiger partial charge < -0.3 is 39.7 Å². The molecule has 0 spiro atoms. The third-order valence-electron chi connectivity index (χ3n) is 3.72. The van der Waals surface area contributed by atoms with Gasteiger partial charge in [0.1, 0.15) is 29.9 Å². The highest BCUT2D eigenvalue weighted by Crippen LogP contribution is 2.66. The second-order valence-electron chi connectivity index (χ2n) is 6.04. The molecule has 2 rings (SSSR count). The summed E-state index contributed by atoms with van der Waals surface area (Å²) in [6.45, 7) is 3.14. The highest BCUT2D eigenvalue weighted by atomic mass is 33.1. The molecular weight excluding hydrogens is 535 g/mol. The zero-order valence-corrected chi connectivity index (χ0v) is 20.7. The average Bonchev–Trinajstić information content (AvgIpc) is 3.00. The molecule has 5 atom stereocenters. The van der Waals surface area contributed by atoms with Gasteiger partial charge in [0, 0.05) is 12.6 Å². The maximum Gasteiger partial charge on any atom is 0.490 e. The lowest BCUT2D eigenvalue weighted by Crippen LogP contribution is -2.33. The Labute approximate surface area is 190 Å². The lowest BCUT2D eigenvalue weighted by molar-refractivity contribution is -0.0626. The van der Waals surface area contributed by atoms with E-state index in [1.165, 1.54) is 27.7 Å². The Hall–Kier alpha value is -0.220. The van der Waals surface area contributed by atoms with Crippen molar-refractivity contribution in [1.82, 2.24) is 4.90 Å². The van der Waals surface area contributed by atoms with E-state index < -0.39 is 48.5 Å². The number of phosphoric acid groups is 3. The minimum absolute atomic E-state index is 0.248. The Morgan fingerprint density at radius 1 is 1.28 bits per heavy atom. The zero-order valence-electron chi connectivity index (χ0n) is 16.4. The molecule has 20 heteroatoms. The highest BCUT2D eigenvalue weighted by molar-refractivity contribution is 8.76. The summed E-state index contributed by atoms with van der Waals surface area (Å²) in [5, 5.41) is 0. The number of nitrogens with two attached hydrogens (primary N) is 1. The van der Waals surface area contributed by atoms with Gasteiger partial charge >= 0.3 is 23.5 Å². The molecule has 32 heavy (non-hydrogen) atoms. The zero-order chi connectivity index (χ0) is 24.2. The summed E-state index contributed by atoms with van der Waals surface area (Å²) in [5.74, 6) is 0.800. The molecule has 0 aromatic heterocycles. The van der Waals surface area contributed by atoms with Crippen LogP contribution in [0.3, 0.4) is 0 Å². The number of rotatable bonds is 12. The molecule has 1 fully saturated rings. The van der Waals surface area contributed by atoms with Crippen LogP contribution < -0.4 is 5.73 Å². The molecule has 184 valence electrons. The molecule has 2 aliphatic heterocycles. The van der Waals surface area contributed by atoms with Gasteiger partial charge in [0.15, 0.2) is 0 Å². The normalized spacial score (nSPS) is 27.8. The topological polar surface area (TPSA) is 220 Å². The second-order valence-corrected chi connectivity index (χ2v) is 13.0. The van der Waals surface area contributed by atoms with E-state index in [9.17, 15) is 23.5 Å². The molecule has 0 saturated carbocycles. The first-order chi connectivity index (χ1) is 14.7. The third kappa shape index (κ3) is 9.20. The maximum absolute atomic E-state index is 12.0. The molecule has 15 nitrogen and oxygen atoms in total. The van der Waals surface area contributed by atoms with Gasteiger partial charge in [-0.1, -0.05) is 28.2 Å². The van der Waals surface area contributed by atoms with Gasteiger partial charge in [-0.25, -0.2) is 18.7 Å². The first-order valence-corrected chi connectivity index (χ1v) is 15.7. The van der Waals surface area contributed by atoms with E-state index in [1.54, 1.807) is 11.1 Å². The Kier molecular flexibility index (Phi) is 10.0. The van der Waals surface area contributed by atoms with Gasteiger partial charge in [0.25, 0.3) is 0 Å². The van der Waals surface area contributed by atoms with Crippen molar-refractivity contribution < 1.29 is 55.9 Å². The van der Waals surface area contributed by atoms with Crippen LogP contribution in [0.15, 0.2) is 29.7 Å². The van der Waals surface area contributed by atoms with Gasteiger partial charge in [-0.05, 0) is 12.3 Å². The number of aliphatic imine (C=N–C) groups is 1. The fourth-order valence-electron chi connectivity index (χ4n) is 2.58. The lowest BCUT2D eigenvalue weighted by Gasteiger charge is -2.28. The first kappa shape index (κ1) is 28.0. The number of hydrogen-bond donors (Lipinski definition) is 5. The Balaban J connectivity index is 2.03. The van der Waals surface area contributed by atoms with E-state index in [0.29, 0.717) is 5.82 Å². The fourth-order valence-corrected chi connectivity index (χ4v) is 6.39. The number of nitrogens with zero attached hydrogens (tertiary/aromatic N) is 2. The van der Waals surface area contributed by atoms with Crippen molar-refractivity contribution in [2.45, 2.75) is 24.9 Å². The van der Waals surface area contributed by atoms with Crippen LogP contribution in [0.1, 0.15) is 6.42 Å². The molecule has 0 aromatic rings. The summed E-state index contributed by atoms with van der Waals surface area (Å²) < 4.78 is 57.7. The molecule has 0 aromatic carbocycles. The summed E-state index contributed by atoms with van der Waals surface area (Å²) >= 11 is 0. The van der Waals surface area contributed by atoms with E-state index in [2.05, 4.69) is 24.7 Å². The smallest absolute Gasteiger partial charge is 0.384 e. The van der Waals surface area contributed by atoms with E-state index in [1.807, 2.05) is 6.26 Å². The summed E-state index contributed by atoms with van der Waals surface area (Å²) in [6, 6.07) is 0. The molecule has 1 saturated heterocycles. The number of ether oxygens (including phenoxy) is 2. The molecular formula is C12H22N3O12P3S2. The number of amidine groups is 1. The molecule has 2 heterocycles. The third-order valence-corrected chi connectivity index (χ3v) is 8.99. The molecule has 2 unspecified atom stereocenters. The fraction of sp³-hybridized carbons (Fsp3) is 0.583. The SMILES string of the molecule is C=C1N=C(N)C=CN1[C@H]1C[C@H](OCSSC)[C@@H](COP(=O)(O)OP(=O)(O)OP(=O)(O)O)O1. The van der Waals surface area contributed by atoms with Crippen molar-refractivity contribution in [1.29, 1.82) is 0 Å². The Bertz CT molecular complexity index is 898. The van der Waals surface area contributed by atoms with Crippen LogP contribution in [0.2, 0.25) is 0 Å². The van der Waals surface area contributed by atoms with E-state index in [-0.39, 0.29) is 18.2 Å². The van der Waals surface area contributed by atoms with Crippen LogP contribution in [0.4, 0.5) is 0 Å². The molecule has 6 N–H and O–H groups in total. The first-order valence-electron chi connectivity index (χ1n) is 8.42. The van der Waals surface area contributed by atoms with E-state index in [4.69, 9.17) is 25.0 Å². The highest BCUT2D eigenvalue weighted by Gasteiger charge is 2.44. The summed E-state index contributed by atoms with van der Waals surface area (Å²) in [7, 11) is -13.5. The van der Waals surface area contributed by atoms with Crippen molar-refractivity contribution in [3.8, 4) is 0 Å². The van der Waals surface area contributed by atoms with Gasteiger partial charge in [0.05, 0.1) is 12.7 Å².